The molecule has 0 unspecified atom stereocenters. The van der Waals surface area contributed by atoms with Gasteiger partial charge in [0.1, 0.15) is 0 Å². The van der Waals surface area contributed by atoms with E-state index in [1.54, 1.807) is 11.9 Å². The molecule has 0 aromatic heterocycles. The Morgan fingerprint density at radius 2 is 2.00 bits per heavy atom. The Kier molecular flexibility index (Phi) is 4.28. The third kappa shape index (κ3) is 3.52. The lowest BCUT2D eigenvalue weighted by Crippen LogP contribution is -2.50. The van der Waals surface area contributed by atoms with E-state index >= 15 is 0 Å². The van der Waals surface area contributed by atoms with Gasteiger partial charge in [-0.3, -0.25) is 14.4 Å². The fourth-order valence-electron chi connectivity index (χ4n) is 1.52. The van der Waals surface area contributed by atoms with Gasteiger partial charge < -0.3 is 14.9 Å². The number of hydrogen-bond donors (Lipinski definition) is 1. The first-order valence-corrected chi connectivity index (χ1v) is 5.24. The Morgan fingerprint density at radius 3 is 2.56 bits per heavy atom. The minimum absolute atomic E-state index is 0.00652. The van der Waals surface area contributed by atoms with Crippen molar-refractivity contribution in [1.29, 1.82) is 0 Å². The van der Waals surface area contributed by atoms with Crippen LogP contribution in [0, 0.1) is 0 Å². The van der Waals surface area contributed by atoms with Crippen molar-refractivity contribution in [3.63, 3.8) is 0 Å². The predicted molar refractivity (Wildman–Crippen MR) is 55.7 cm³/mol. The number of piperazine rings is 1. The van der Waals surface area contributed by atoms with E-state index in [1.807, 2.05) is 0 Å². The van der Waals surface area contributed by atoms with E-state index in [0.717, 1.165) is 0 Å². The molecule has 0 spiro atoms. The number of aliphatic carboxylic acids is 1. The fraction of sp³-hybridized carbons (Fsp3) is 0.700. The molecule has 0 aromatic rings. The van der Waals surface area contributed by atoms with Crippen molar-refractivity contribution in [3.8, 4) is 0 Å². The summed E-state index contributed by atoms with van der Waals surface area (Å²) < 4.78 is 0. The van der Waals surface area contributed by atoms with Gasteiger partial charge >= 0.3 is 5.97 Å². The Morgan fingerprint density at radius 1 is 1.31 bits per heavy atom. The van der Waals surface area contributed by atoms with Gasteiger partial charge in [0.25, 0.3) is 0 Å². The molecule has 1 aliphatic rings. The minimum atomic E-state index is -0.901. The molecule has 0 aromatic carbocycles. The first-order chi connectivity index (χ1) is 7.50. The molecule has 90 valence electrons. The number of carboxylic acid groups (broad SMARTS) is 1. The lowest BCUT2D eigenvalue weighted by Gasteiger charge is -2.32. The standard InChI is InChI=1S/C10H16N2O4/c1-11-5-6-12(7-9(11)14)8(13)3-2-4-10(15)16/h2-7H2,1H3,(H,15,16). The van der Waals surface area contributed by atoms with Crippen LogP contribution in [0.25, 0.3) is 0 Å². The maximum atomic E-state index is 11.6. The van der Waals surface area contributed by atoms with Gasteiger partial charge in [-0.2, -0.15) is 0 Å². The zero-order chi connectivity index (χ0) is 12.1. The van der Waals surface area contributed by atoms with Crippen LogP contribution in [0.5, 0.6) is 0 Å². The van der Waals surface area contributed by atoms with Crippen molar-refractivity contribution in [1.82, 2.24) is 9.80 Å². The van der Waals surface area contributed by atoms with Gasteiger partial charge in [-0.05, 0) is 6.42 Å². The zero-order valence-corrected chi connectivity index (χ0v) is 9.31. The first kappa shape index (κ1) is 12.5. The molecule has 0 saturated carbocycles. The van der Waals surface area contributed by atoms with Crippen LogP contribution in [-0.2, 0) is 14.4 Å². The quantitative estimate of drug-likeness (QED) is 0.706. The molecular formula is C10H16N2O4. The molecular weight excluding hydrogens is 212 g/mol. The van der Waals surface area contributed by atoms with E-state index in [-0.39, 0.29) is 31.2 Å². The fourth-order valence-corrected chi connectivity index (χ4v) is 1.52. The van der Waals surface area contributed by atoms with Gasteiger partial charge in [-0.1, -0.05) is 0 Å². The van der Waals surface area contributed by atoms with E-state index < -0.39 is 5.97 Å². The van der Waals surface area contributed by atoms with E-state index in [9.17, 15) is 14.4 Å². The topological polar surface area (TPSA) is 77.9 Å². The molecule has 0 atom stereocenters. The highest BCUT2D eigenvalue weighted by Crippen LogP contribution is 2.06. The third-order valence-electron chi connectivity index (χ3n) is 2.59. The second kappa shape index (κ2) is 5.48. The van der Waals surface area contributed by atoms with E-state index in [1.165, 1.54) is 4.90 Å². The number of rotatable bonds is 4. The van der Waals surface area contributed by atoms with E-state index in [2.05, 4.69) is 0 Å². The highest BCUT2D eigenvalue weighted by molar-refractivity contribution is 5.86. The summed E-state index contributed by atoms with van der Waals surface area (Å²) in [7, 11) is 1.70. The highest BCUT2D eigenvalue weighted by Gasteiger charge is 2.24. The van der Waals surface area contributed by atoms with Crippen molar-refractivity contribution in [2.45, 2.75) is 19.3 Å². The molecule has 1 aliphatic heterocycles. The van der Waals surface area contributed by atoms with Crippen molar-refractivity contribution in [2.75, 3.05) is 26.7 Å². The largest absolute Gasteiger partial charge is 0.481 e. The summed E-state index contributed by atoms with van der Waals surface area (Å²) >= 11 is 0. The van der Waals surface area contributed by atoms with Crippen molar-refractivity contribution >= 4 is 17.8 Å². The number of carboxylic acids is 1. The molecule has 6 heteroatoms. The molecule has 1 saturated heterocycles. The summed E-state index contributed by atoms with van der Waals surface area (Å²) in [5.74, 6) is -1.11. The Hall–Kier alpha value is -1.59. The summed E-state index contributed by atoms with van der Waals surface area (Å²) in [6.45, 7) is 1.19. The lowest BCUT2D eigenvalue weighted by atomic mass is 10.2. The first-order valence-electron chi connectivity index (χ1n) is 5.24. The van der Waals surface area contributed by atoms with Crippen molar-refractivity contribution in [3.05, 3.63) is 0 Å². The number of carbonyl (C=O) groups excluding carboxylic acids is 2. The molecule has 1 rings (SSSR count). The molecule has 0 bridgehead atoms. The smallest absolute Gasteiger partial charge is 0.303 e. The molecule has 6 nitrogen and oxygen atoms in total. The summed E-state index contributed by atoms with van der Waals surface area (Å²) in [6, 6.07) is 0. The number of amides is 2. The van der Waals surface area contributed by atoms with Gasteiger partial charge in [0.05, 0.1) is 6.54 Å². The Balaban J connectivity index is 2.32. The molecule has 1 fully saturated rings. The molecule has 1 heterocycles. The summed E-state index contributed by atoms with van der Waals surface area (Å²) in [6.07, 6.45) is 0.519. The average molecular weight is 228 g/mol. The highest BCUT2D eigenvalue weighted by atomic mass is 16.4. The molecule has 0 aliphatic carbocycles. The van der Waals surface area contributed by atoms with Crippen LogP contribution in [0.3, 0.4) is 0 Å². The number of hydrogen-bond acceptors (Lipinski definition) is 3. The van der Waals surface area contributed by atoms with Crippen molar-refractivity contribution < 1.29 is 19.5 Å². The van der Waals surface area contributed by atoms with Gasteiger partial charge in [-0.15, -0.1) is 0 Å². The summed E-state index contributed by atoms with van der Waals surface area (Å²) in [5, 5.41) is 8.43. The van der Waals surface area contributed by atoms with Gasteiger partial charge in [0.2, 0.25) is 11.8 Å². The normalized spacial score (nSPS) is 16.4. The molecule has 2 amide bonds. The second-order valence-corrected chi connectivity index (χ2v) is 3.88. The molecule has 16 heavy (non-hydrogen) atoms. The average Bonchev–Trinajstić information content (AvgIpc) is 2.21. The number of carbonyl (C=O) groups is 3. The van der Waals surface area contributed by atoms with Crippen LogP contribution in [0.1, 0.15) is 19.3 Å². The van der Waals surface area contributed by atoms with Crippen LogP contribution < -0.4 is 0 Å². The SMILES string of the molecule is CN1CCN(C(=O)CCCC(=O)O)CC1=O. The minimum Gasteiger partial charge on any atom is -0.481 e. The molecule has 0 radical (unpaired) electrons. The maximum absolute atomic E-state index is 11.6. The van der Waals surface area contributed by atoms with E-state index in [0.29, 0.717) is 19.5 Å². The monoisotopic (exact) mass is 228 g/mol. The zero-order valence-electron chi connectivity index (χ0n) is 9.31. The molecule has 1 N–H and O–H groups in total. The number of nitrogens with zero attached hydrogens (tertiary/aromatic N) is 2. The van der Waals surface area contributed by atoms with Gasteiger partial charge in [-0.25, -0.2) is 0 Å². The second-order valence-electron chi connectivity index (χ2n) is 3.88. The summed E-state index contributed by atoms with van der Waals surface area (Å²) in [4.78, 5) is 36.3. The van der Waals surface area contributed by atoms with Crippen LogP contribution in [0.2, 0.25) is 0 Å². The van der Waals surface area contributed by atoms with Crippen molar-refractivity contribution in [2.24, 2.45) is 0 Å². The number of likely N-dealkylation sites (N-methyl/N-ethyl adjacent to an activating group) is 1. The summed E-state index contributed by atoms with van der Waals surface area (Å²) in [5.41, 5.74) is 0. The van der Waals surface area contributed by atoms with Crippen LogP contribution in [0.4, 0.5) is 0 Å². The van der Waals surface area contributed by atoms with E-state index in [4.69, 9.17) is 5.11 Å². The Labute approximate surface area is 93.8 Å². The van der Waals surface area contributed by atoms with Crippen LogP contribution in [0.15, 0.2) is 0 Å². The predicted octanol–water partition coefficient (Wildman–Crippen LogP) is -0.458. The van der Waals surface area contributed by atoms with Gasteiger partial charge in [0, 0.05) is 33.0 Å². The van der Waals surface area contributed by atoms with Gasteiger partial charge in [0.15, 0.2) is 0 Å². The van der Waals surface area contributed by atoms with Crippen LogP contribution in [-0.4, -0.2) is 59.4 Å². The maximum Gasteiger partial charge on any atom is 0.303 e. The Bertz CT molecular complexity index is 303. The third-order valence-corrected chi connectivity index (χ3v) is 2.59. The van der Waals surface area contributed by atoms with Crippen LogP contribution >= 0.6 is 0 Å². The lowest BCUT2D eigenvalue weighted by molar-refractivity contribution is -0.144.